The van der Waals surface area contributed by atoms with Gasteiger partial charge in [-0.05, 0) is 44.5 Å². The zero-order chi connectivity index (χ0) is 17.7. The highest BCUT2D eigenvalue weighted by Crippen LogP contribution is 2.28. The van der Waals surface area contributed by atoms with Gasteiger partial charge in [0.2, 0.25) is 0 Å². The summed E-state index contributed by atoms with van der Waals surface area (Å²) >= 11 is 0. The van der Waals surface area contributed by atoms with Crippen LogP contribution in [-0.4, -0.2) is 25.9 Å². The van der Waals surface area contributed by atoms with Gasteiger partial charge in [0.15, 0.2) is 0 Å². The molecule has 6 heteroatoms. The van der Waals surface area contributed by atoms with Crippen molar-refractivity contribution in [3.05, 3.63) is 47.7 Å². The van der Waals surface area contributed by atoms with Crippen molar-refractivity contribution in [3.8, 4) is 11.7 Å². The van der Waals surface area contributed by atoms with Gasteiger partial charge in [0.25, 0.3) is 5.95 Å². The molecule has 0 bridgehead atoms. The molecule has 1 atom stereocenters. The number of carbonyl (C=O) groups excluding carboxylic acids is 1. The highest BCUT2D eigenvalue weighted by molar-refractivity contribution is 5.69. The first-order chi connectivity index (χ1) is 11.3. The van der Waals surface area contributed by atoms with Gasteiger partial charge >= 0.3 is 6.09 Å². The Bertz CT molecular complexity index is 669. The Morgan fingerprint density at radius 3 is 2.21 bits per heavy atom. The first kappa shape index (κ1) is 17.7. The number of benzene rings is 1. The van der Waals surface area contributed by atoms with E-state index in [2.05, 4.69) is 5.32 Å². The minimum atomic E-state index is -0.588. The van der Waals surface area contributed by atoms with E-state index in [-0.39, 0.29) is 0 Å². The number of hydrogen-bond acceptors (Lipinski definition) is 5. The molecule has 1 aromatic heterocycles. The van der Waals surface area contributed by atoms with Crippen LogP contribution in [0.15, 0.2) is 40.8 Å². The van der Waals surface area contributed by atoms with Crippen LogP contribution in [0.3, 0.4) is 0 Å². The van der Waals surface area contributed by atoms with E-state index >= 15 is 0 Å². The standard InChI is InChI=1S/C18H23NO5/c1-18(2,3)24-17(20)19-16(14-10-11-15(22-5)23-14)12-6-8-13(21-4)9-7-12/h6-11,16H,1-5H3,(H,19,20)/t16-/m1/s1. The molecule has 1 heterocycles. The Morgan fingerprint density at radius 1 is 1.04 bits per heavy atom. The van der Waals surface area contributed by atoms with Gasteiger partial charge < -0.3 is 23.9 Å². The largest absolute Gasteiger partial charge is 0.497 e. The van der Waals surface area contributed by atoms with Crippen LogP contribution in [0.25, 0.3) is 0 Å². The maximum atomic E-state index is 12.2. The van der Waals surface area contributed by atoms with Crippen LogP contribution >= 0.6 is 0 Å². The Balaban J connectivity index is 2.28. The lowest BCUT2D eigenvalue weighted by Crippen LogP contribution is -2.35. The lowest BCUT2D eigenvalue weighted by Gasteiger charge is -2.23. The van der Waals surface area contributed by atoms with Crippen LogP contribution < -0.4 is 14.8 Å². The Kier molecular flexibility index (Phi) is 5.39. The molecule has 1 amide bonds. The molecular formula is C18H23NO5. The predicted molar refractivity (Wildman–Crippen MR) is 89.5 cm³/mol. The number of carbonyl (C=O) groups is 1. The van der Waals surface area contributed by atoms with E-state index < -0.39 is 17.7 Å². The summed E-state index contributed by atoms with van der Waals surface area (Å²) in [4.78, 5) is 12.2. The molecule has 0 saturated carbocycles. The van der Waals surface area contributed by atoms with Crippen molar-refractivity contribution in [2.24, 2.45) is 0 Å². The van der Waals surface area contributed by atoms with E-state index in [9.17, 15) is 4.79 Å². The second-order valence-electron chi connectivity index (χ2n) is 6.21. The summed E-state index contributed by atoms with van der Waals surface area (Å²) in [5.41, 5.74) is 0.244. The van der Waals surface area contributed by atoms with E-state index in [1.54, 1.807) is 19.2 Å². The molecular weight excluding hydrogens is 310 g/mol. The third kappa shape index (κ3) is 4.68. The predicted octanol–water partition coefficient (Wildman–Crippen LogP) is 3.91. The number of rotatable bonds is 5. The molecule has 0 unspecified atom stereocenters. The summed E-state index contributed by atoms with van der Waals surface area (Å²) in [6.07, 6.45) is -0.529. The number of amides is 1. The molecule has 24 heavy (non-hydrogen) atoms. The van der Waals surface area contributed by atoms with Gasteiger partial charge in [-0.15, -0.1) is 0 Å². The van der Waals surface area contributed by atoms with E-state index in [4.69, 9.17) is 18.6 Å². The number of alkyl carbamates (subject to hydrolysis) is 1. The summed E-state index contributed by atoms with van der Waals surface area (Å²) in [5.74, 6) is 1.64. The SMILES string of the molecule is COc1ccc([C@@H](NC(=O)OC(C)(C)C)c2ccc(OC)o2)cc1. The molecule has 1 aromatic carbocycles. The van der Waals surface area contributed by atoms with E-state index in [1.807, 2.05) is 45.0 Å². The zero-order valence-electron chi connectivity index (χ0n) is 14.6. The number of ether oxygens (including phenoxy) is 3. The summed E-state index contributed by atoms with van der Waals surface area (Å²) in [7, 11) is 3.12. The van der Waals surface area contributed by atoms with Crippen molar-refractivity contribution in [1.82, 2.24) is 5.32 Å². The molecule has 6 nitrogen and oxygen atoms in total. The molecule has 0 spiro atoms. The third-order valence-corrected chi connectivity index (χ3v) is 3.20. The summed E-state index contributed by atoms with van der Waals surface area (Å²) in [6, 6.07) is 10.3. The van der Waals surface area contributed by atoms with Crippen molar-refractivity contribution in [2.45, 2.75) is 32.4 Å². The average molecular weight is 333 g/mol. The van der Waals surface area contributed by atoms with Crippen molar-refractivity contribution < 1.29 is 23.4 Å². The van der Waals surface area contributed by atoms with Gasteiger partial charge in [0.1, 0.15) is 23.2 Å². The summed E-state index contributed by atoms with van der Waals surface area (Å²) < 4.78 is 21.2. The fourth-order valence-electron chi connectivity index (χ4n) is 2.14. The van der Waals surface area contributed by atoms with Gasteiger partial charge in [-0.25, -0.2) is 4.79 Å². The van der Waals surface area contributed by atoms with Crippen LogP contribution in [0.4, 0.5) is 4.79 Å². The maximum absolute atomic E-state index is 12.2. The molecule has 130 valence electrons. The monoisotopic (exact) mass is 333 g/mol. The van der Waals surface area contributed by atoms with Crippen molar-refractivity contribution in [1.29, 1.82) is 0 Å². The first-order valence-corrected chi connectivity index (χ1v) is 7.59. The second kappa shape index (κ2) is 7.29. The van der Waals surface area contributed by atoms with Crippen LogP contribution in [0, 0.1) is 0 Å². The smallest absolute Gasteiger partial charge is 0.408 e. The molecule has 0 aliphatic rings. The van der Waals surface area contributed by atoms with E-state index in [0.29, 0.717) is 11.7 Å². The fraction of sp³-hybridized carbons (Fsp3) is 0.389. The highest BCUT2D eigenvalue weighted by atomic mass is 16.6. The van der Waals surface area contributed by atoms with Crippen LogP contribution in [-0.2, 0) is 4.74 Å². The first-order valence-electron chi connectivity index (χ1n) is 7.59. The molecule has 2 rings (SSSR count). The normalized spacial score (nSPS) is 12.4. The van der Waals surface area contributed by atoms with Gasteiger partial charge in [-0.2, -0.15) is 0 Å². The van der Waals surface area contributed by atoms with Crippen molar-refractivity contribution in [2.75, 3.05) is 14.2 Å². The number of hydrogen-bond donors (Lipinski definition) is 1. The minimum absolute atomic E-state index is 0.370. The Hall–Kier alpha value is -2.63. The number of nitrogens with one attached hydrogen (secondary N) is 1. The van der Waals surface area contributed by atoms with Gasteiger partial charge in [-0.1, -0.05) is 12.1 Å². The molecule has 0 aliphatic carbocycles. The van der Waals surface area contributed by atoms with Gasteiger partial charge in [0.05, 0.1) is 14.2 Å². The summed E-state index contributed by atoms with van der Waals surface area (Å²) in [5, 5.41) is 2.83. The zero-order valence-corrected chi connectivity index (χ0v) is 14.6. The Morgan fingerprint density at radius 2 is 1.71 bits per heavy atom. The van der Waals surface area contributed by atoms with Gasteiger partial charge in [-0.3, -0.25) is 0 Å². The lowest BCUT2D eigenvalue weighted by molar-refractivity contribution is 0.0506. The Labute approximate surface area is 141 Å². The molecule has 0 saturated heterocycles. The van der Waals surface area contributed by atoms with E-state index in [0.717, 1.165) is 11.3 Å². The topological polar surface area (TPSA) is 69.9 Å². The van der Waals surface area contributed by atoms with E-state index in [1.165, 1.54) is 7.11 Å². The second-order valence-corrected chi connectivity index (χ2v) is 6.21. The molecule has 0 radical (unpaired) electrons. The molecule has 0 fully saturated rings. The number of furan rings is 1. The molecule has 1 N–H and O–H groups in total. The lowest BCUT2D eigenvalue weighted by atomic mass is 10.0. The number of methoxy groups -OCH3 is 2. The van der Waals surface area contributed by atoms with Crippen molar-refractivity contribution in [3.63, 3.8) is 0 Å². The third-order valence-electron chi connectivity index (χ3n) is 3.20. The molecule has 0 aliphatic heterocycles. The van der Waals surface area contributed by atoms with Crippen LogP contribution in [0.2, 0.25) is 0 Å². The van der Waals surface area contributed by atoms with Crippen LogP contribution in [0.5, 0.6) is 11.7 Å². The maximum Gasteiger partial charge on any atom is 0.408 e. The fourth-order valence-corrected chi connectivity index (χ4v) is 2.14. The highest BCUT2D eigenvalue weighted by Gasteiger charge is 2.24. The quantitative estimate of drug-likeness (QED) is 0.898. The average Bonchev–Trinajstić information content (AvgIpc) is 3.00. The van der Waals surface area contributed by atoms with Gasteiger partial charge in [0, 0.05) is 6.07 Å². The minimum Gasteiger partial charge on any atom is -0.497 e. The summed E-state index contributed by atoms with van der Waals surface area (Å²) in [6.45, 7) is 5.43. The molecule has 2 aromatic rings. The van der Waals surface area contributed by atoms with Crippen molar-refractivity contribution >= 4 is 6.09 Å². The van der Waals surface area contributed by atoms with Crippen LogP contribution in [0.1, 0.15) is 38.1 Å².